The van der Waals surface area contributed by atoms with Crippen LogP contribution in [-0.2, 0) is 0 Å². The van der Waals surface area contributed by atoms with E-state index in [1.807, 2.05) is 0 Å². The van der Waals surface area contributed by atoms with Crippen LogP contribution in [0.2, 0.25) is 5.02 Å². The molecule has 4 fully saturated rings. The summed E-state index contributed by atoms with van der Waals surface area (Å²) in [5.41, 5.74) is 0.129. The molecule has 168 valence electrons. The Kier molecular flexibility index (Phi) is 5.08. The van der Waals surface area contributed by atoms with Crippen LogP contribution in [0.3, 0.4) is 0 Å². The first-order valence-corrected chi connectivity index (χ1v) is 11.2. The first-order valence-electron chi connectivity index (χ1n) is 10.8. The molecule has 2 atom stereocenters. The topological polar surface area (TPSA) is 93.2 Å². The molecule has 1 heterocycles. The number of benzene rings is 1. The van der Waals surface area contributed by atoms with Gasteiger partial charge in [0.1, 0.15) is 5.82 Å². The fourth-order valence-electron chi connectivity index (χ4n) is 6.33. The number of nitrogens with zero attached hydrogens (tertiary/aromatic N) is 2. The number of aryl methyl sites for hydroxylation is 1. The maximum absolute atomic E-state index is 13.5. The molecule has 4 bridgehead atoms. The average Bonchev–Trinajstić information content (AvgIpc) is 2.68. The van der Waals surface area contributed by atoms with E-state index in [1.54, 1.807) is 13.1 Å². The standard InChI is InChI=1S/C23H24ClFN4O3/c1-13-10-26-11-19(27-13)32-21(31)29-23-8-14-4-15(9-23)7-22(6-14,12-23)28-20(30)16-2-3-18(25)17(24)5-16/h2-3,5,10-11,14-15H,4,6-9,12H2,1H3,(H,28,30)(H,29,31). The average molecular weight is 459 g/mol. The number of carbonyl (C=O) groups excluding carboxylic acids is 2. The highest BCUT2D eigenvalue weighted by atomic mass is 35.5. The predicted octanol–water partition coefficient (Wildman–Crippen LogP) is 4.19. The van der Waals surface area contributed by atoms with Crippen molar-refractivity contribution in [3.8, 4) is 5.88 Å². The van der Waals surface area contributed by atoms with Crippen molar-refractivity contribution in [2.75, 3.05) is 0 Å². The van der Waals surface area contributed by atoms with Crippen LogP contribution in [0.1, 0.15) is 54.6 Å². The second-order valence-corrected chi connectivity index (χ2v) is 10.0. The number of nitrogens with one attached hydrogen (secondary N) is 2. The molecule has 0 spiro atoms. The second-order valence-electron chi connectivity index (χ2n) is 9.62. The predicted molar refractivity (Wildman–Crippen MR) is 115 cm³/mol. The fraction of sp³-hybridized carbons (Fsp3) is 0.478. The first-order chi connectivity index (χ1) is 15.2. The summed E-state index contributed by atoms with van der Waals surface area (Å²) < 4.78 is 18.9. The maximum Gasteiger partial charge on any atom is 0.414 e. The van der Waals surface area contributed by atoms with Crippen molar-refractivity contribution in [3.63, 3.8) is 0 Å². The highest BCUT2D eigenvalue weighted by Gasteiger charge is 2.59. The molecule has 2 unspecified atom stereocenters. The zero-order valence-electron chi connectivity index (χ0n) is 17.7. The number of aromatic nitrogens is 2. The van der Waals surface area contributed by atoms with Gasteiger partial charge in [-0.05, 0) is 75.5 Å². The van der Waals surface area contributed by atoms with Gasteiger partial charge in [-0.15, -0.1) is 0 Å². The molecule has 1 aromatic carbocycles. The van der Waals surface area contributed by atoms with E-state index < -0.39 is 23.0 Å². The summed E-state index contributed by atoms with van der Waals surface area (Å²) in [7, 11) is 0. The summed E-state index contributed by atoms with van der Waals surface area (Å²) in [6, 6.07) is 3.98. The minimum absolute atomic E-state index is 0.0803. The molecule has 2 aromatic rings. The number of hydrogen-bond acceptors (Lipinski definition) is 5. The highest BCUT2D eigenvalue weighted by molar-refractivity contribution is 6.31. The molecule has 4 aliphatic rings. The summed E-state index contributed by atoms with van der Waals surface area (Å²) in [5.74, 6) is 0.142. The Morgan fingerprint density at radius 1 is 1.12 bits per heavy atom. The summed E-state index contributed by atoms with van der Waals surface area (Å²) in [4.78, 5) is 33.8. The van der Waals surface area contributed by atoms with Gasteiger partial charge in [-0.1, -0.05) is 11.6 Å². The largest absolute Gasteiger partial charge is 0.414 e. The molecule has 4 aliphatic carbocycles. The van der Waals surface area contributed by atoms with Crippen LogP contribution < -0.4 is 15.4 Å². The Labute approximate surface area is 190 Å². The van der Waals surface area contributed by atoms with Crippen LogP contribution in [-0.4, -0.2) is 33.0 Å². The van der Waals surface area contributed by atoms with Crippen molar-refractivity contribution in [1.29, 1.82) is 0 Å². The number of hydrogen-bond donors (Lipinski definition) is 2. The lowest BCUT2D eigenvalue weighted by atomic mass is 9.50. The van der Waals surface area contributed by atoms with Gasteiger partial charge in [-0.3, -0.25) is 9.78 Å². The van der Waals surface area contributed by atoms with E-state index in [0.29, 0.717) is 29.5 Å². The molecule has 7 nitrogen and oxygen atoms in total. The number of ether oxygens (including phenoxy) is 1. The van der Waals surface area contributed by atoms with Gasteiger partial charge in [0, 0.05) is 22.8 Å². The van der Waals surface area contributed by atoms with Crippen molar-refractivity contribution < 1.29 is 18.7 Å². The van der Waals surface area contributed by atoms with Gasteiger partial charge in [-0.2, -0.15) is 0 Å². The zero-order chi connectivity index (χ0) is 22.5. The Morgan fingerprint density at radius 2 is 1.81 bits per heavy atom. The molecule has 2 amide bonds. The molecule has 6 rings (SSSR count). The Balaban J connectivity index is 1.32. The molecule has 0 radical (unpaired) electrons. The lowest BCUT2D eigenvalue weighted by Crippen LogP contribution is -2.70. The smallest absolute Gasteiger partial charge is 0.390 e. The third kappa shape index (κ3) is 4.03. The normalized spacial score (nSPS) is 30.1. The highest BCUT2D eigenvalue weighted by Crippen LogP contribution is 2.57. The van der Waals surface area contributed by atoms with Crippen molar-refractivity contribution >= 4 is 23.6 Å². The lowest BCUT2D eigenvalue weighted by molar-refractivity contribution is -0.0449. The molecular formula is C23H24ClFN4O3. The molecule has 0 saturated heterocycles. The SMILES string of the molecule is Cc1cncc(OC(=O)NC23CC4CC(C2)CC(NC(=O)c2ccc(F)c(Cl)c2)(C4)C3)n1. The molecular weight excluding hydrogens is 435 g/mol. The van der Waals surface area contributed by atoms with Gasteiger partial charge in [0.2, 0.25) is 5.88 Å². The van der Waals surface area contributed by atoms with E-state index in [4.69, 9.17) is 16.3 Å². The summed E-state index contributed by atoms with van der Waals surface area (Å²) in [6.45, 7) is 1.78. The molecule has 0 aliphatic heterocycles. The third-order valence-electron chi connectivity index (χ3n) is 6.92. The van der Waals surface area contributed by atoms with Crippen LogP contribution in [0, 0.1) is 24.6 Å². The Hall–Kier alpha value is -2.74. The van der Waals surface area contributed by atoms with Crippen molar-refractivity contribution in [2.45, 2.75) is 56.5 Å². The quantitative estimate of drug-likeness (QED) is 0.716. The minimum Gasteiger partial charge on any atom is -0.390 e. The Morgan fingerprint density at radius 3 is 2.47 bits per heavy atom. The van der Waals surface area contributed by atoms with Gasteiger partial charge in [0.05, 0.1) is 16.9 Å². The number of halogens is 2. The molecule has 9 heteroatoms. The lowest BCUT2D eigenvalue weighted by Gasteiger charge is -2.62. The van der Waals surface area contributed by atoms with E-state index in [1.165, 1.54) is 24.4 Å². The Bertz CT molecular complexity index is 1080. The van der Waals surface area contributed by atoms with Gasteiger partial charge in [0.25, 0.3) is 5.91 Å². The van der Waals surface area contributed by atoms with Crippen molar-refractivity contribution in [2.24, 2.45) is 11.8 Å². The first kappa shape index (κ1) is 21.1. The van der Waals surface area contributed by atoms with E-state index in [-0.39, 0.29) is 16.8 Å². The third-order valence-corrected chi connectivity index (χ3v) is 7.21. The van der Waals surface area contributed by atoms with Crippen LogP contribution in [0.4, 0.5) is 9.18 Å². The molecule has 4 saturated carbocycles. The van der Waals surface area contributed by atoms with E-state index >= 15 is 0 Å². The van der Waals surface area contributed by atoms with Crippen LogP contribution in [0.25, 0.3) is 0 Å². The summed E-state index contributed by atoms with van der Waals surface area (Å²) >= 11 is 5.86. The van der Waals surface area contributed by atoms with Crippen LogP contribution >= 0.6 is 11.6 Å². The number of rotatable bonds is 4. The summed E-state index contributed by atoms with van der Waals surface area (Å²) in [6.07, 6.45) is 7.61. The van der Waals surface area contributed by atoms with Gasteiger partial charge < -0.3 is 15.4 Å². The number of amides is 2. The summed E-state index contributed by atoms with van der Waals surface area (Å²) in [5, 5.41) is 6.22. The molecule has 1 aromatic heterocycles. The van der Waals surface area contributed by atoms with Crippen LogP contribution in [0.15, 0.2) is 30.6 Å². The second kappa shape index (κ2) is 7.69. The zero-order valence-corrected chi connectivity index (χ0v) is 18.4. The van der Waals surface area contributed by atoms with Crippen LogP contribution in [0.5, 0.6) is 5.88 Å². The van der Waals surface area contributed by atoms with E-state index in [0.717, 1.165) is 32.1 Å². The van der Waals surface area contributed by atoms with Gasteiger partial charge in [0.15, 0.2) is 0 Å². The van der Waals surface area contributed by atoms with Crippen molar-refractivity contribution in [1.82, 2.24) is 20.6 Å². The molecule has 32 heavy (non-hydrogen) atoms. The van der Waals surface area contributed by atoms with Gasteiger partial charge in [-0.25, -0.2) is 14.2 Å². The van der Waals surface area contributed by atoms with Gasteiger partial charge >= 0.3 is 6.09 Å². The van der Waals surface area contributed by atoms with E-state index in [9.17, 15) is 14.0 Å². The molecule has 2 N–H and O–H groups in total. The van der Waals surface area contributed by atoms with E-state index in [2.05, 4.69) is 20.6 Å². The van der Waals surface area contributed by atoms with Crippen molar-refractivity contribution in [3.05, 3.63) is 52.7 Å². The number of carbonyl (C=O) groups is 2. The maximum atomic E-state index is 13.5. The fourth-order valence-corrected chi connectivity index (χ4v) is 6.51. The monoisotopic (exact) mass is 458 g/mol. The minimum atomic E-state index is -0.557.